The van der Waals surface area contributed by atoms with Crippen molar-refractivity contribution in [1.29, 1.82) is 0 Å². The van der Waals surface area contributed by atoms with Gasteiger partial charge in [0.1, 0.15) is 11.8 Å². The molecule has 14 heavy (non-hydrogen) atoms. The fourth-order valence-electron chi connectivity index (χ4n) is 1.57. The van der Waals surface area contributed by atoms with Gasteiger partial charge < -0.3 is 15.1 Å². The lowest BCUT2D eigenvalue weighted by molar-refractivity contribution is 0.614. The molecule has 1 aromatic carbocycles. The van der Waals surface area contributed by atoms with Crippen molar-refractivity contribution in [3.63, 3.8) is 0 Å². The lowest BCUT2D eigenvalue weighted by Crippen LogP contribution is -2.24. The van der Waals surface area contributed by atoms with E-state index in [2.05, 4.69) is 11.0 Å². The lowest BCUT2D eigenvalue weighted by atomic mass is 10.2. The Balaban J connectivity index is 2.42. The van der Waals surface area contributed by atoms with E-state index in [4.69, 9.17) is 10.2 Å². The minimum atomic E-state index is 0.649. The van der Waals surface area contributed by atoms with Crippen LogP contribution in [0, 0.1) is 0 Å². The van der Waals surface area contributed by atoms with Crippen LogP contribution in [0.4, 0.5) is 5.69 Å². The molecule has 0 spiro atoms. The van der Waals surface area contributed by atoms with Crippen molar-refractivity contribution < 1.29 is 4.42 Å². The van der Waals surface area contributed by atoms with Gasteiger partial charge in [0.05, 0.1) is 5.69 Å². The minimum absolute atomic E-state index is 0.649. The van der Waals surface area contributed by atoms with E-state index in [1.807, 2.05) is 25.2 Å². The third-order valence-corrected chi connectivity index (χ3v) is 2.34. The van der Waals surface area contributed by atoms with Gasteiger partial charge in [-0.2, -0.15) is 0 Å². The van der Waals surface area contributed by atoms with Crippen LogP contribution in [-0.2, 0) is 0 Å². The molecule has 0 aliphatic rings. The molecule has 1 aromatic heterocycles. The van der Waals surface area contributed by atoms with Crippen molar-refractivity contribution in [3.8, 4) is 0 Å². The molecule has 0 saturated heterocycles. The van der Waals surface area contributed by atoms with Crippen LogP contribution in [0.2, 0.25) is 0 Å². The Labute approximate surface area is 83.1 Å². The monoisotopic (exact) mass is 190 g/mol. The smallest absolute Gasteiger partial charge is 0.136 e. The van der Waals surface area contributed by atoms with Gasteiger partial charge in [0.25, 0.3) is 0 Å². The number of benzene rings is 1. The molecule has 2 N–H and O–H groups in total. The maximum atomic E-state index is 5.51. The van der Waals surface area contributed by atoms with Crippen LogP contribution in [0.25, 0.3) is 11.0 Å². The molecule has 3 heteroatoms. The van der Waals surface area contributed by atoms with Crippen LogP contribution >= 0.6 is 0 Å². The van der Waals surface area contributed by atoms with Crippen LogP contribution in [0.1, 0.15) is 0 Å². The van der Waals surface area contributed by atoms with Crippen LogP contribution in [0.5, 0.6) is 0 Å². The third kappa shape index (κ3) is 1.46. The van der Waals surface area contributed by atoms with Crippen molar-refractivity contribution in [1.82, 2.24) is 0 Å². The summed E-state index contributed by atoms with van der Waals surface area (Å²) in [5, 5.41) is 1.14. The Bertz CT molecular complexity index is 422. The van der Waals surface area contributed by atoms with E-state index in [0.717, 1.165) is 23.2 Å². The summed E-state index contributed by atoms with van der Waals surface area (Å²) in [6.07, 6.45) is 1.78. The first kappa shape index (κ1) is 9.09. The fourth-order valence-corrected chi connectivity index (χ4v) is 1.57. The second kappa shape index (κ2) is 3.72. The average molecular weight is 190 g/mol. The number of nitrogens with zero attached hydrogens (tertiary/aromatic N) is 1. The van der Waals surface area contributed by atoms with Crippen LogP contribution in [0.15, 0.2) is 34.9 Å². The van der Waals surface area contributed by atoms with E-state index >= 15 is 0 Å². The first-order valence-electron chi connectivity index (χ1n) is 4.70. The number of nitrogens with two attached hydrogens (primary N) is 1. The van der Waals surface area contributed by atoms with Gasteiger partial charge in [-0.3, -0.25) is 0 Å². The number of anilines is 1. The largest absolute Gasteiger partial charge is 0.462 e. The Hall–Kier alpha value is -1.48. The molecule has 0 aliphatic carbocycles. The highest BCUT2D eigenvalue weighted by Gasteiger charge is 2.07. The molecule has 0 amide bonds. The van der Waals surface area contributed by atoms with Gasteiger partial charge in [0.2, 0.25) is 0 Å². The highest BCUT2D eigenvalue weighted by atomic mass is 16.3. The molecule has 2 aromatic rings. The summed E-state index contributed by atoms with van der Waals surface area (Å²) < 4.78 is 5.43. The number of furan rings is 1. The van der Waals surface area contributed by atoms with Crippen molar-refractivity contribution >= 4 is 16.7 Å². The highest BCUT2D eigenvalue weighted by Crippen LogP contribution is 2.27. The summed E-state index contributed by atoms with van der Waals surface area (Å²) in [5.74, 6) is 0. The maximum absolute atomic E-state index is 5.51. The summed E-state index contributed by atoms with van der Waals surface area (Å²) >= 11 is 0. The Morgan fingerprint density at radius 3 is 2.93 bits per heavy atom. The van der Waals surface area contributed by atoms with Gasteiger partial charge in [-0.05, 0) is 12.1 Å². The van der Waals surface area contributed by atoms with E-state index < -0.39 is 0 Å². The SMILES string of the molecule is CN(CCN)c1coc2ccccc12. The number of rotatable bonds is 3. The second-order valence-corrected chi connectivity index (χ2v) is 3.33. The van der Waals surface area contributed by atoms with Crippen molar-refractivity contribution in [2.24, 2.45) is 5.73 Å². The summed E-state index contributed by atoms with van der Waals surface area (Å²) in [6, 6.07) is 8.01. The number of hydrogen-bond donors (Lipinski definition) is 1. The second-order valence-electron chi connectivity index (χ2n) is 3.33. The Morgan fingerprint density at radius 1 is 1.36 bits per heavy atom. The maximum Gasteiger partial charge on any atom is 0.136 e. The normalized spacial score (nSPS) is 10.7. The molecule has 0 unspecified atom stereocenters. The van der Waals surface area contributed by atoms with E-state index in [0.29, 0.717) is 6.54 Å². The molecular formula is C11H14N2O. The number of likely N-dealkylation sites (N-methyl/N-ethyl adjacent to an activating group) is 1. The lowest BCUT2D eigenvalue weighted by Gasteiger charge is -2.15. The summed E-state index contributed by atoms with van der Waals surface area (Å²) in [7, 11) is 2.02. The highest BCUT2D eigenvalue weighted by molar-refractivity contribution is 5.90. The zero-order chi connectivity index (χ0) is 9.97. The van der Waals surface area contributed by atoms with E-state index in [1.165, 1.54) is 0 Å². The van der Waals surface area contributed by atoms with Crippen molar-refractivity contribution in [2.75, 3.05) is 25.0 Å². The molecule has 1 heterocycles. The molecule has 0 bridgehead atoms. The summed E-state index contributed by atoms with van der Waals surface area (Å²) in [5.41, 5.74) is 7.53. The molecular weight excluding hydrogens is 176 g/mol. The third-order valence-electron chi connectivity index (χ3n) is 2.34. The number of fused-ring (bicyclic) bond motifs is 1. The van der Waals surface area contributed by atoms with Crippen LogP contribution in [0.3, 0.4) is 0 Å². The van der Waals surface area contributed by atoms with Gasteiger partial charge in [-0.15, -0.1) is 0 Å². The van der Waals surface area contributed by atoms with Crippen LogP contribution in [-0.4, -0.2) is 20.1 Å². The number of para-hydroxylation sites is 1. The predicted molar refractivity (Wildman–Crippen MR) is 58.5 cm³/mol. The predicted octanol–water partition coefficient (Wildman–Crippen LogP) is 1.83. The minimum Gasteiger partial charge on any atom is -0.462 e. The molecule has 0 aliphatic heterocycles. The molecule has 0 fully saturated rings. The quantitative estimate of drug-likeness (QED) is 0.802. The van der Waals surface area contributed by atoms with E-state index in [1.54, 1.807) is 6.26 Å². The molecule has 0 saturated carbocycles. The topological polar surface area (TPSA) is 42.4 Å². The molecule has 74 valence electrons. The van der Waals surface area contributed by atoms with Gasteiger partial charge in [-0.25, -0.2) is 0 Å². The van der Waals surface area contributed by atoms with E-state index in [-0.39, 0.29) is 0 Å². The summed E-state index contributed by atoms with van der Waals surface area (Å²) in [4.78, 5) is 2.10. The fraction of sp³-hybridized carbons (Fsp3) is 0.273. The number of hydrogen-bond acceptors (Lipinski definition) is 3. The van der Waals surface area contributed by atoms with Gasteiger partial charge >= 0.3 is 0 Å². The van der Waals surface area contributed by atoms with Crippen LogP contribution < -0.4 is 10.6 Å². The Kier molecular flexibility index (Phi) is 2.41. The molecule has 3 nitrogen and oxygen atoms in total. The van der Waals surface area contributed by atoms with Gasteiger partial charge in [-0.1, -0.05) is 12.1 Å². The van der Waals surface area contributed by atoms with Crippen molar-refractivity contribution in [2.45, 2.75) is 0 Å². The standard InChI is InChI=1S/C11H14N2O/c1-13(7-6-12)10-8-14-11-5-3-2-4-9(10)11/h2-5,8H,6-7,12H2,1H3. The Morgan fingerprint density at radius 2 is 2.14 bits per heavy atom. The first-order chi connectivity index (χ1) is 6.83. The van der Waals surface area contributed by atoms with E-state index in [9.17, 15) is 0 Å². The van der Waals surface area contributed by atoms with Gasteiger partial charge in [0, 0.05) is 25.5 Å². The van der Waals surface area contributed by atoms with Crippen molar-refractivity contribution in [3.05, 3.63) is 30.5 Å². The molecule has 2 rings (SSSR count). The average Bonchev–Trinajstić information content (AvgIpc) is 2.61. The molecule has 0 radical (unpaired) electrons. The zero-order valence-corrected chi connectivity index (χ0v) is 8.23. The molecule has 0 atom stereocenters. The zero-order valence-electron chi connectivity index (χ0n) is 8.23. The summed E-state index contributed by atoms with van der Waals surface area (Å²) in [6.45, 7) is 1.49. The van der Waals surface area contributed by atoms with Gasteiger partial charge in [0.15, 0.2) is 0 Å². The first-order valence-corrected chi connectivity index (χ1v) is 4.70.